The van der Waals surface area contributed by atoms with E-state index in [1.54, 1.807) is 19.2 Å². The second-order valence-corrected chi connectivity index (χ2v) is 4.12. The van der Waals surface area contributed by atoms with Gasteiger partial charge in [-0.2, -0.15) is 4.98 Å². The molecule has 0 spiro atoms. The molecule has 0 atom stereocenters. The number of nitrogens with zero attached hydrogens (tertiary/aromatic N) is 1. The molecule has 5 heteroatoms. The van der Waals surface area contributed by atoms with E-state index in [-0.39, 0.29) is 0 Å². The summed E-state index contributed by atoms with van der Waals surface area (Å²) in [5, 5.41) is 3.19. The van der Waals surface area contributed by atoms with Gasteiger partial charge in [-0.15, -0.1) is 0 Å². The van der Waals surface area contributed by atoms with E-state index in [1.807, 2.05) is 25.1 Å². The molecule has 100 valence electrons. The van der Waals surface area contributed by atoms with Crippen LogP contribution in [0.3, 0.4) is 0 Å². The Hall–Kier alpha value is -2.43. The average Bonchev–Trinajstić information content (AvgIpc) is 2.41. The number of aryl methyl sites for hydroxylation is 1. The molecule has 0 aliphatic heterocycles. The summed E-state index contributed by atoms with van der Waals surface area (Å²) in [7, 11) is 3.17. The molecule has 0 bridgehead atoms. The summed E-state index contributed by atoms with van der Waals surface area (Å²) in [6.07, 6.45) is 0. The maximum absolute atomic E-state index is 5.73. The zero-order valence-corrected chi connectivity index (χ0v) is 11.2. The van der Waals surface area contributed by atoms with Crippen molar-refractivity contribution in [2.45, 2.75) is 6.92 Å². The molecule has 0 amide bonds. The number of methoxy groups -OCH3 is 2. The first kappa shape index (κ1) is 13.0. The SMILES string of the molecule is COc1ccc(C)cc1Nc1ccc(N)c(OC)n1. The Balaban J connectivity index is 2.33. The number of benzene rings is 1. The summed E-state index contributed by atoms with van der Waals surface area (Å²) in [5.74, 6) is 1.80. The van der Waals surface area contributed by atoms with E-state index in [2.05, 4.69) is 10.3 Å². The maximum atomic E-state index is 5.73. The minimum absolute atomic E-state index is 0.400. The van der Waals surface area contributed by atoms with E-state index >= 15 is 0 Å². The summed E-state index contributed by atoms with van der Waals surface area (Å²) in [5.41, 5.74) is 8.22. The highest BCUT2D eigenvalue weighted by atomic mass is 16.5. The fourth-order valence-electron chi connectivity index (χ4n) is 1.74. The number of ether oxygens (including phenoxy) is 2. The highest BCUT2D eigenvalue weighted by molar-refractivity contribution is 5.66. The predicted molar refractivity (Wildman–Crippen MR) is 76.2 cm³/mol. The van der Waals surface area contributed by atoms with Gasteiger partial charge in [0.25, 0.3) is 0 Å². The molecule has 0 aliphatic rings. The Morgan fingerprint density at radius 2 is 1.89 bits per heavy atom. The van der Waals surface area contributed by atoms with Crippen LogP contribution in [0.2, 0.25) is 0 Å². The van der Waals surface area contributed by atoms with Crippen molar-refractivity contribution in [2.75, 3.05) is 25.3 Å². The highest BCUT2D eigenvalue weighted by Gasteiger charge is 2.07. The number of rotatable bonds is 4. The lowest BCUT2D eigenvalue weighted by molar-refractivity contribution is 0.401. The first-order valence-corrected chi connectivity index (χ1v) is 5.86. The second kappa shape index (κ2) is 5.48. The molecule has 0 unspecified atom stereocenters. The molecule has 1 aromatic heterocycles. The Bertz CT molecular complexity index is 585. The van der Waals surface area contributed by atoms with Crippen molar-refractivity contribution in [3.63, 3.8) is 0 Å². The Morgan fingerprint density at radius 1 is 1.11 bits per heavy atom. The third-order valence-corrected chi connectivity index (χ3v) is 2.70. The summed E-state index contributed by atoms with van der Waals surface area (Å²) in [4.78, 5) is 4.28. The van der Waals surface area contributed by atoms with E-state index in [0.29, 0.717) is 17.4 Å². The van der Waals surface area contributed by atoms with Gasteiger partial charge in [0.1, 0.15) is 11.6 Å². The van der Waals surface area contributed by atoms with Crippen LogP contribution in [0.25, 0.3) is 0 Å². The molecule has 1 heterocycles. The summed E-state index contributed by atoms with van der Waals surface area (Å²) < 4.78 is 10.4. The number of nitrogen functional groups attached to an aromatic ring is 1. The van der Waals surface area contributed by atoms with E-state index in [4.69, 9.17) is 15.2 Å². The van der Waals surface area contributed by atoms with Crippen LogP contribution in [-0.2, 0) is 0 Å². The van der Waals surface area contributed by atoms with Gasteiger partial charge in [-0.25, -0.2) is 0 Å². The minimum Gasteiger partial charge on any atom is -0.495 e. The normalized spacial score (nSPS) is 10.1. The first-order chi connectivity index (χ1) is 9.13. The smallest absolute Gasteiger partial charge is 0.238 e. The van der Waals surface area contributed by atoms with Crippen molar-refractivity contribution >= 4 is 17.2 Å². The molecule has 1 aromatic carbocycles. The van der Waals surface area contributed by atoms with Crippen molar-refractivity contribution in [3.05, 3.63) is 35.9 Å². The van der Waals surface area contributed by atoms with Crippen LogP contribution in [0.15, 0.2) is 30.3 Å². The van der Waals surface area contributed by atoms with E-state index in [9.17, 15) is 0 Å². The number of nitrogens with one attached hydrogen (secondary N) is 1. The van der Waals surface area contributed by atoms with Crippen LogP contribution in [0.1, 0.15) is 5.56 Å². The zero-order valence-electron chi connectivity index (χ0n) is 11.2. The van der Waals surface area contributed by atoms with Crippen LogP contribution >= 0.6 is 0 Å². The standard InChI is InChI=1S/C14H17N3O2/c1-9-4-6-12(18-2)11(8-9)16-13-7-5-10(15)14(17-13)19-3/h4-8H,15H2,1-3H3,(H,16,17). The Kier molecular flexibility index (Phi) is 3.75. The number of hydrogen-bond acceptors (Lipinski definition) is 5. The Morgan fingerprint density at radius 3 is 2.58 bits per heavy atom. The molecule has 0 saturated heterocycles. The first-order valence-electron chi connectivity index (χ1n) is 5.86. The van der Waals surface area contributed by atoms with Gasteiger partial charge in [0.05, 0.1) is 25.6 Å². The number of pyridine rings is 1. The van der Waals surface area contributed by atoms with Crippen molar-refractivity contribution in [1.29, 1.82) is 0 Å². The molecule has 19 heavy (non-hydrogen) atoms. The zero-order chi connectivity index (χ0) is 13.8. The van der Waals surface area contributed by atoms with Gasteiger partial charge in [-0.3, -0.25) is 0 Å². The predicted octanol–water partition coefficient (Wildman–Crippen LogP) is 2.73. The number of nitrogens with two attached hydrogens (primary N) is 1. The molecule has 0 saturated carbocycles. The molecular formula is C14H17N3O2. The Labute approximate surface area is 112 Å². The third-order valence-electron chi connectivity index (χ3n) is 2.70. The van der Waals surface area contributed by atoms with Crippen molar-refractivity contribution in [3.8, 4) is 11.6 Å². The van der Waals surface area contributed by atoms with E-state index in [1.165, 1.54) is 7.11 Å². The molecule has 2 aromatic rings. The largest absolute Gasteiger partial charge is 0.495 e. The molecule has 3 N–H and O–H groups in total. The van der Waals surface area contributed by atoms with E-state index < -0.39 is 0 Å². The van der Waals surface area contributed by atoms with Gasteiger partial charge in [0, 0.05) is 0 Å². The number of aromatic nitrogens is 1. The molecule has 0 radical (unpaired) electrons. The van der Waals surface area contributed by atoms with Crippen LogP contribution in [0.4, 0.5) is 17.2 Å². The lowest BCUT2D eigenvalue weighted by Gasteiger charge is -2.12. The summed E-state index contributed by atoms with van der Waals surface area (Å²) in [6.45, 7) is 2.02. The van der Waals surface area contributed by atoms with Gasteiger partial charge in [0.15, 0.2) is 0 Å². The second-order valence-electron chi connectivity index (χ2n) is 4.12. The lowest BCUT2D eigenvalue weighted by Crippen LogP contribution is -2.00. The van der Waals surface area contributed by atoms with Gasteiger partial charge < -0.3 is 20.5 Å². The molecular weight excluding hydrogens is 242 g/mol. The highest BCUT2D eigenvalue weighted by Crippen LogP contribution is 2.29. The van der Waals surface area contributed by atoms with Crippen molar-refractivity contribution in [1.82, 2.24) is 4.98 Å². The van der Waals surface area contributed by atoms with E-state index in [0.717, 1.165) is 17.0 Å². The van der Waals surface area contributed by atoms with Crippen LogP contribution in [-0.4, -0.2) is 19.2 Å². The fraction of sp³-hybridized carbons (Fsp3) is 0.214. The lowest BCUT2D eigenvalue weighted by atomic mass is 10.2. The van der Waals surface area contributed by atoms with Gasteiger partial charge in [0.2, 0.25) is 5.88 Å². The van der Waals surface area contributed by atoms with Crippen molar-refractivity contribution in [2.24, 2.45) is 0 Å². The van der Waals surface area contributed by atoms with Crippen LogP contribution in [0.5, 0.6) is 11.6 Å². The molecule has 2 rings (SSSR count). The van der Waals surface area contributed by atoms with Gasteiger partial charge in [-0.05, 0) is 36.8 Å². The third kappa shape index (κ3) is 2.88. The number of hydrogen-bond donors (Lipinski definition) is 2. The monoisotopic (exact) mass is 259 g/mol. The fourth-order valence-corrected chi connectivity index (χ4v) is 1.74. The number of anilines is 3. The summed E-state index contributed by atoms with van der Waals surface area (Å²) in [6, 6.07) is 9.42. The van der Waals surface area contributed by atoms with Gasteiger partial charge >= 0.3 is 0 Å². The maximum Gasteiger partial charge on any atom is 0.238 e. The van der Waals surface area contributed by atoms with Crippen LogP contribution in [0, 0.1) is 6.92 Å². The topological polar surface area (TPSA) is 69.4 Å². The summed E-state index contributed by atoms with van der Waals surface area (Å²) >= 11 is 0. The van der Waals surface area contributed by atoms with Gasteiger partial charge in [-0.1, -0.05) is 6.07 Å². The quantitative estimate of drug-likeness (QED) is 0.883. The minimum atomic E-state index is 0.400. The molecule has 5 nitrogen and oxygen atoms in total. The average molecular weight is 259 g/mol. The molecule has 0 aliphatic carbocycles. The molecule has 0 fully saturated rings. The van der Waals surface area contributed by atoms with Crippen molar-refractivity contribution < 1.29 is 9.47 Å². The van der Waals surface area contributed by atoms with Crippen LogP contribution < -0.4 is 20.5 Å².